The van der Waals surface area contributed by atoms with E-state index < -0.39 is 5.97 Å². The number of nitrogens with one attached hydrogen (secondary N) is 1. The van der Waals surface area contributed by atoms with Gasteiger partial charge in [-0.05, 0) is 68.1 Å². The lowest BCUT2D eigenvalue weighted by atomic mass is 10.0. The number of esters is 1. The van der Waals surface area contributed by atoms with Gasteiger partial charge in [0.15, 0.2) is 6.61 Å². The van der Waals surface area contributed by atoms with Crippen LogP contribution in [0.25, 0.3) is 11.0 Å². The predicted molar refractivity (Wildman–Crippen MR) is 105 cm³/mol. The van der Waals surface area contributed by atoms with Gasteiger partial charge in [-0.1, -0.05) is 12.1 Å². The summed E-state index contributed by atoms with van der Waals surface area (Å²) < 4.78 is 10.7. The smallest absolute Gasteiger partial charge is 0.310 e. The lowest BCUT2D eigenvalue weighted by Gasteiger charge is -2.10. The van der Waals surface area contributed by atoms with Crippen LogP contribution in [-0.4, -0.2) is 18.5 Å². The molecule has 0 atom stereocenters. The molecule has 1 aromatic heterocycles. The molecule has 0 unspecified atom stereocenters. The second-order valence-electron chi connectivity index (χ2n) is 6.83. The van der Waals surface area contributed by atoms with Crippen molar-refractivity contribution in [3.63, 3.8) is 0 Å². The third kappa shape index (κ3) is 4.19. The van der Waals surface area contributed by atoms with Gasteiger partial charge < -0.3 is 14.5 Å². The van der Waals surface area contributed by atoms with Crippen LogP contribution in [0, 0.1) is 27.7 Å². The Morgan fingerprint density at radius 2 is 1.78 bits per heavy atom. The zero-order chi connectivity index (χ0) is 19.6. The minimum Gasteiger partial charge on any atom is -0.464 e. The second kappa shape index (κ2) is 7.66. The molecule has 0 fully saturated rings. The van der Waals surface area contributed by atoms with Crippen molar-refractivity contribution in [2.45, 2.75) is 34.1 Å². The molecule has 0 saturated carbocycles. The van der Waals surface area contributed by atoms with Crippen LogP contribution in [0.5, 0.6) is 0 Å². The highest BCUT2D eigenvalue weighted by Gasteiger charge is 2.14. The molecule has 0 aliphatic carbocycles. The minimum atomic E-state index is -0.466. The van der Waals surface area contributed by atoms with Crippen LogP contribution in [0.1, 0.15) is 27.8 Å². The Balaban J connectivity index is 1.59. The highest BCUT2D eigenvalue weighted by molar-refractivity contribution is 5.94. The topological polar surface area (TPSA) is 68.5 Å². The van der Waals surface area contributed by atoms with E-state index in [9.17, 15) is 9.59 Å². The van der Waals surface area contributed by atoms with E-state index in [2.05, 4.69) is 5.32 Å². The van der Waals surface area contributed by atoms with Crippen molar-refractivity contribution in [2.24, 2.45) is 0 Å². The van der Waals surface area contributed by atoms with Crippen molar-refractivity contribution in [3.05, 3.63) is 64.4 Å². The molecule has 3 aromatic rings. The average molecular weight is 365 g/mol. The fraction of sp³-hybridized carbons (Fsp3) is 0.273. The molecule has 27 heavy (non-hydrogen) atoms. The Hall–Kier alpha value is -3.08. The first-order valence-electron chi connectivity index (χ1n) is 8.84. The predicted octanol–water partition coefficient (Wildman–Crippen LogP) is 4.39. The SMILES string of the molecule is Cc1cc2occ(CC(=O)OCC(=O)Nc3cccc(C)c3C)c2cc1C. The summed E-state index contributed by atoms with van der Waals surface area (Å²) >= 11 is 0. The number of fused-ring (bicyclic) bond motifs is 1. The summed E-state index contributed by atoms with van der Waals surface area (Å²) in [6, 6.07) is 9.63. The lowest BCUT2D eigenvalue weighted by Crippen LogP contribution is -2.22. The molecule has 1 heterocycles. The van der Waals surface area contributed by atoms with Crippen LogP contribution < -0.4 is 5.32 Å². The monoisotopic (exact) mass is 365 g/mol. The van der Waals surface area contributed by atoms with Crippen molar-refractivity contribution in [1.29, 1.82) is 0 Å². The number of amides is 1. The van der Waals surface area contributed by atoms with Crippen molar-refractivity contribution in [1.82, 2.24) is 0 Å². The summed E-state index contributed by atoms with van der Waals surface area (Å²) in [5.41, 5.74) is 6.57. The highest BCUT2D eigenvalue weighted by atomic mass is 16.5. The standard InChI is InChI=1S/C22H23NO4/c1-13-6-5-7-19(16(13)4)23-21(24)12-27-22(25)10-17-11-26-20-9-15(3)14(2)8-18(17)20/h5-9,11H,10,12H2,1-4H3,(H,23,24). The van der Waals surface area contributed by atoms with Crippen LogP contribution in [0.3, 0.4) is 0 Å². The lowest BCUT2D eigenvalue weighted by molar-refractivity contribution is -0.146. The van der Waals surface area contributed by atoms with Gasteiger partial charge in [-0.3, -0.25) is 9.59 Å². The zero-order valence-corrected chi connectivity index (χ0v) is 16.0. The average Bonchev–Trinajstić information content (AvgIpc) is 2.99. The van der Waals surface area contributed by atoms with E-state index in [0.29, 0.717) is 0 Å². The first-order chi connectivity index (χ1) is 12.8. The van der Waals surface area contributed by atoms with E-state index in [1.54, 1.807) is 6.26 Å². The second-order valence-corrected chi connectivity index (χ2v) is 6.83. The maximum absolute atomic E-state index is 12.1. The normalized spacial score (nSPS) is 10.8. The summed E-state index contributed by atoms with van der Waals surface area (Å²) in [7, 11) is 0. The van der Waals surface area contributed by atoms with Crippen LogP contribution in [-0.2, 0) is 20.7 Å². The van der Waals surface area contributed by atoms with E-state index in [1.807, 2.05) is 58.0 Å². The largest absolute Gasteiger partial charge is 0.464 e. The number of aryl methyl sites for hydroxylation is 3. The quantitative estimate of drug-likeness (QED) is 0.681. The molecule has 0 radical (unpaired) electrons. The Labute approximate surface area is 158 Å². The Morgan fingerprint density at radius 1 is 1.04 bits per heavy atom. The van der Waals surface area contributed by atoms with Crippen molar-refractivity contribution < 1.29 is 18.7 Å². The molecule has 0 saturated heterocycles. The van der Waals surface area contributed by atoms with Crippen molar-refractivity contribution in [3.8, 4) is 0 Å². The zero-order valence-electron chi connectivity index (χ0n) is 16.0. The number of benzene rings is 2. The molecule has 2 aromatic carbocycles. The molecule has 1 amide bonds. The van der Waals surface area contributed by atoms with Gasteiger partial charge in [0.2, 0.25) is 0 Å². The maximum atomic E-state index is 12.1. The number of rotatable bonds is 5. The fourth-order valence-corrected chi connectivity index (χ4v) is 2.90. The van der Waals surface area contributed by atoms with Crippen LogP contribution in [0.15, 0.2) is 41.0 Å². The van der Waals surface area contributed by atoms with Crippen LogP contribution in [0.2, 0.25) is 0 Å². The molecule has 0 aliphatic rings. The van der Waals surface area contributed by atoms with E-state index >= 15 is 0 Å². The third-order valence-corrected chi connectivity index (χ3v) is 4.85. The maximum Gasteiger partial charge on any atom is 0.310 e. The van der Waals surface area contributed by atoms with Gasteiger partial charge in [-0.15, -0.1) is 0 Å². The van der Waals surface area contributed by atoms with E-state index in [0.717, 1.165) is 44.5 Å². The number of hydrogen-bond donors (Lipinski definition) is 1. The molecule has 1 N–H and O–H groups in total. The highest BCUT2D eigenvalue weighted by Crippen LogP contribution is 2.25. The fourth-order valence-electron chi connectivity index (χ4n) is 2.90. The molecule has 5 nitrogen and oxygen atoms in total. The molecular weight excluding hydrogens is 342 g/mol. The van der Waals surface area contributed by atoms with Gasteiger partial charge in [-0.25, -0.2) is 0 Å². The summed E-state index contributed by atoms with van der Waals surface area (Å²) in [4.78, 5) is 24.2. The Kier molecular flexibility index (Phi) is 5.31. The van der Waals surface area contributed by atoms with Crippen LogP contribution in [0.4, 0.5) is 5.69 Å². The Morgan fingerprint density at radius 3 is 2.56 bits per heavy atom. The molecule has 140 valence electrons. The number of ether oxygens (including phenoxy) is 1. The van der Waals surface area contributed by atoms with E-state index in [1.165, 1.54) is 0 Å². The van der Waals surface area contributed by atoms with E-state index in [4.69, 9.17) is 9.15 Å². The summed E-state index contributed by atoms with van der Waals surface area (Å²) in [5, 5.41) is 3.67. The molecule has 5 heteroatoms. The summed E-state index contributed by atoms with van der Waals surface area (Å²) in [5.74, 6) is -0.826. The first kappa shape index (κ1) is 18.7. The van der Waals surface area contributed by atoms with Gasteiger partial charge in [0, 0.05) is 16.6 Å². The molecule has 0 aliphatic heterocycles. The molecular formula is C22H23NO4. The third-order valence-electron chi connectivity index (χ3n) is 4.85. The van der Waals surface area contributed by atoms with Crippen molar-refractivity contribution >= 4 is 28.5 Å². The summed E-state index contributed by atoms with van der Waals surface area (Å²) in [6.45, 7) is 7.62. The first-order valence-corrected chi connectivity index (χ1v) is 8.84. The summed E-state index contributed by atoms with van der Waals surface area (Å²) in [6.07, 6.45) is 1.63. The van der Waals surface area contributed by atoms with Crippen LogP contribution >= 0.6 is 0 Å². The number of hydrogen-bond acceptors (Lipinski definition) is 4. The molecule has 0 spiro atoms. The van der Waals surface area contributed by atoms with Gasteiger partial charge in [0.05, 0.1) is 12.7 Å². The van der Waals surface area contributed by atoms with Gasteiger partial charge in [0.25, 0.3) is 5.91 Å². The number of carbonyl (C=O) groups is 2. The molecule has 3 rings (SSSR count). The minimum absolute atomic E-state index is 0.0618. The van der Waals surface area contributed by atoms with Gasteiger partial charge >= 0.3 is 5.97 Å². The van der Waals surface area contributed by atoms with E-state index in [-0.39, 0.29) is 18.9 Å². The molecule has 0 bridgehead atoms. The number of furan rings is 1. The van der Waals surface area contributed by atoms with Crippen molar-refractivity contribution in [2.75, 3.05) is 11.9 Å². The van der Waals surface area contributed by atoms with Gasteiger partial charge in [-0.2, -0.15) is 0 Å². The number of anilines is 1. The Bertz CT molecular complexity index is 1020. The number of carbonyl (C=O) groups excluding carboxylic acids is 2. The van der Waals surface area contributed by atoms with Gasteiger partial charge in [0.1, 0.15) is 5.58 Å².